The highest BCUT2D eigenvalue weighted by atomic mass is 32.2. The highest BCUT2D eigenvalue weighted by Crippen LogP contribution is 2.31. The molecule has 0 spiro atoms. The van der Waals surface area contributed by atoms with Crippen molar-refractivity contribution in [2.45, 2.75) is 31.7 Å². The standard InChI is InChI=1S/C14H23N3O2S/c18-13(11-3-1-2-4-11)17-10-20-9-12(17)14(19)16-7-5-15-6-8-16/h11-12,15H,1-10H2. The molecule has 0 aromatic carbocycles. The zero-order valence-electron chi connectivity index (χ0n) is 11.8. The van der Waals surface area contributed by atoms with Crippen LogP contribution in [-0.2, 0) is 9.59 Å². The van der Waals surface area contributed by atoms with Gasteiger partial charge in [0.25, 0.3) is 0 Å². The Kier molecular flexibility index (Phi) is 4.51. The predicted molar refractivity (Wildman–Crippen MR) is 79.4 cm³/mol. The molecule has 0 bridgehead atoms. The molecule has 0 aromatic rings. The van der Waals surface area contributed by atoms with E-state index in [1.165, 1.54) is 0 Å². The Morgan fingerprint density at radius 3 is 2.45 bits per heavy atom. The maximum atomic E-state index is 12.6. The van der Waals surface area contributed by atoms with Crippen molar-refractivity contribution in [1.29, 1.82) is 0 Å². The van der Waals surface area contributed by atoms with Crippen molar-refractivity contribution < 1.29 is 9.59 Å². The van der Waals surface area contributed by atoms with E-state index in [1.54, 1.807) is 11.8 Å². The zero-order chi connectivity index (χ0) is 13.9. The molecular formula is C14H23N3O2S. The van der Waals surface area contributed by atoms with Crippen molar-refractivity contribution in [3.05, 3.63) is 0 Å². The van der Waals surface area contributed by atoms with Crippen LogP contribution in [0.2, 0.25) is 0 Å². The summed E-state index contributed by atoms with van der Waals surface area (Å²) in [6.45, 7) is 3.27. The van der Waals surface area contributed by atoms with Crippen LogP contribution in [0.25, 0.3) is 0 Å². The molecule has 2 amide bonds. The summed E-state index contributed by atoms with van der Waals surface area (Å²) in [7, 11) is 0. The fraction of sp³-hybridized carbons (Fsp3) is 0.857. The first-order chi connectivity index (χ1) is 9.77. The van der Waals surface area contributed by atoms with Crippen LogP contribution in [0.3, 0.4) is 0 Å². The third-order valence-electron chi connectivity index (χ3n) is 4.58. The summed E-state index contributed by atoms with van der Waals surface area (Å²) in [6, 6.07) is -0.216. The molecule has 3 rings (SSSR count). The van der Waals surface area contributed by atoms with Gasteiger partial charge in [-0.1, -0.05) is 12.8 Å². The van der Waals surface area contributed by atoms with E-state index in [0.29, 0.717) is 5.88 Å². The lowest BCUT2D eigenvalue weighted by Gasteiger charge is -2.33. The van der Waals surface area contributed by atoms with Crippen LogP contribution < -0.4 is 5.32 Å². The van der Waals surface area contributed by atoms with E-state index >= 15 is 0 Å². The van der Waals surface area contributed by atoms with Gasteiger partial charge >= 0.3 is 0 Å². The van der Waals surface area contributed by atoms with Crippen molar-refractivity contribution in [1.82, 2.24) is 15.1 Å². The largest absolute Gasteiger partial charge is 0.338 e. The summed E-state index contributed by atoms with van der Waals surface area (Å²) in [5.74, 6) is 2.01. The first-order valence-electron chi connectivity index (χ1n) is 7.65. The number of carbonyl (C=O) groups is 2. The van der Waals surface area contributed by atoms with Crippen LogP contribution >= 0.6 is 11.8 Å². The molecule has 0 aromatic heterocycles. The van der Waals surface area contributed by atoms with Crippen LogP contribution in [0.15, 0.2) is 0 Å². The lowest BCUT2D eigenvalue weighted by Crippen LogP contribution is -2.54. The van der Waals surface area contributed by atoms with Crippen molar-refractivity contribution >= 4 is 23.6 Å². The fourth-order valence-corrected chi connectivity index (χ4v) is 4.52. The fourth-order valence-electron chi connectivity index (χ4n) is 3.37. The van der Waals surface area contributed by atoms with Gasteiger partial charge in [-0.05, 0) is 12.8 Å². The lowest BCUT2D eigenvalue weighted by molar-refractivity contribution is -0.145. The second-order valence-corrected chi connectivity index (χ2v) is 6.88. The van der Waals surface area contributed by atoms with Crippen LogP contribution in [0.4, 0.5) is 0 Å². The first kappa shape index (κ1) is 14.2. The maximum Gasteiger partial charge on any atom is 0.246 e. The number of hydrogen-bond donors (Lipinski definition) is 1. The Balaban J connectivity index is 1.65. The van der Waals surface area contributed by atoms with Gasteiger partial charge in [-0.25, -0.2) is 0 Å². The van der Waals surface area contributed by atoms with Crippen molar-refractivity contribution in [2.24, 2.45) is 5.92 Å². The number of nitrogens with one attached hydrogen (secondary N) is 1. The van der Waals surface area contributed by atoms with Gasteiger partial charge in [0.2, 0.25) is 11.8 Å². The van der Waals surface area contributed by atoms with E-state index in [1.807, 2.05) is 9.80 Å². The van der Waals surface area contributed by atoms with Gasteiger partial charge in [0.05, 0.1) is 5.88 Å². The predicted octanol–water partition coefficient (Wildman–Crippen LogP) is 0.510. The number of rotatable bonds is 2. The highest BCUT2D eigenvalue weighted by Gasteiger charge is 2.40. The van der Waals surface area contributed by atoms with Gasteiger partial charge in [-0.15, -0.1) is 11.8 Å². The van der Waals surface area contributed by atoms with E-state index in [9.17, 15) is 9.59 Å². The topological polar surface area (TPSA) is 52.7 Å². The van der Waals surface area contributed by atoms with Crippen molar-refractivity contribution in [2.75, 3.05) is 37.8 Å². The second-order valence-electron chi connectivity index (χ2n) is 5.88. The molecule has 1 atom stereocenters. The number of thioether (sulfide) groups is 1. The SMILES string of the molecule is O=C(C1CSCN1C(=O)C1CCCC1)N1CCNCC1. The van der Waals surface area contributed by atoms with Crippen molar-refractivity contribution in [3.8, 4) is 0 Å². The third kappa shape index (κ3) is 2.81. The van der Waals surface area contributed by atoms with E-state index < -0.39 is 0 Å². The molecule has 0 radical (unpaired) electrons. The molecule has 20 heavy (non-hydrogen) atoms. The number of nitrogens with zero attached hydrogens (tertiary/aromatic N) is 2. The summed E-state index contributed by atoms with van der Waals surface area (Å²) >= 11 is 1.71. The average Bonchev–Trinajstić information content (AvgIpc) is 3.18. The molecule has 3 aliphatic rings. The molecule has 2 saturated heterocycles. The average molecular weight is 297 g/mol. The molecule has 112 valence electrons. The summed E-state index contributed by atoms with van der Waals surface area (Å²) in [6.07, 6.45) is 4.34. The molecule has 2 heterocycles. The third-order valence-corrected chi connectivity index (χ3v) is 5.60. The molecule has 1 saturated carbocycles. The number of carbonyl (C=O) groups excluding carboxylic acids is 2. The smallest absolute Gasteiger partial charge is 0.246 e. The number of piperazine rings is 1. The molecule has 2 aliphatic heterocycles. The van der Waals surface area contributed by atoms with Gasteiger partial charge in [0.15, 0.2) is 0 Å². The lowest BCUT2D eigenvalue weighted by atomic mass is 10.1. The minimum Gasteiger partial charge on any atom is -0.338 e. The van der Waals surface area contributed by atoms with Gasteiger partial charge in [-0.3, -0.25) is 9.59 Å². The summed E-state index contributed by atoms with van der Waals surface area (Å²) in [5.41, 5.74) is 0. The minimum atomic E-state index is -0.216. The van der Waals surface area contributed by atoms with Gasteiger partial charge < -0.3 is 15.1 Å². The molecule has 3 fully saturated rings. The monoisotopic (exact) mass is 297 g/mol. The molecule has 1 unspecified atom stereocenters. The molecule has 6 heteroatoms. The van der Waals surface area contributed by atoms with E-state index in [0.717, 1.165) is 57.6 Å². The molecular weight excluding hydrogens is 274 g/mol. The Labute approximate surface area is 124 Å². The van der Waals surface area contributed by atoms with E-state index in [4.69, 9.17) is 0 Å². The van der Waals surface area contributed by atoms with Crippen molar-refractivity contribution in [3.63, 3.8) is 0 Å². The normalized spacial score (nSPS) is 28.1. The highest BCUT2D eigenvalue weighted by molar-refractivity contribution is 7.99. The number of amides is 2. The van der Waals surface area contributed by atoms with Crippen LogP contribution in [-0.4, -0.2) is 65.5 Å². The van der Waals surface area contributed by atoms with Gasteiger partial charge in [0, 0.05) is 37.8 Å². The minimum absolute atomic E-state index is 0.155. The van der Waals surface area contributed by atoms with Gasteiger partial charge in [0.1, 0.15) is 6.04 Å². The molecule has 1 N–H and O–H groups in total. The quantitative estimate of drug-likeness (QED) is 0.807. The van der Waals surface area contributed by atoms with Crippen LogP contribution in [0.1, 0.15) is 25.7 Å². The zero-order valence-corrected chi connectivity index (χ0v) is 12.7. The number of hydrogen-bond acceptors (Lipinski definition) is 4. The summed E-state index contributed by atoms with van der Waals surface area (Å²) < 4.78 is 0. The first-order valence-corrected chi connectivity index (χ1v) is 8.80. The second kappa shape index (κ2) is 6.35. The molecule has 5 nitrogen and oxygen atoms in total. The van der Waals surface area contributed by atoms with Crippen LogP contribution in [0.5, 0.6) is 0 Å². The van der Waals surface area contributed by atoms with Gasteiger partial charge in [-0.2, -0.15) is 0 Å². The van der Waals surface area contributed by atoms with Crippen LogP contribution in [0, 0.1) is 5.92 Å². The Bertz CT molecular complexity index is 379. The van der Waals surface area contributed by atoms with E-state index in [-0.39, 0.29) is 23.8 Å². The Morgan fingerprint density at radius 2 is 1.75 bits per heavy atom. The summed E-state index contributed by atoms with van der Waals surface area (Å²) in [4.78, 5) is 29.0. The summed E-state index contributed by atoms with van der Waals surface area (Å²) in [5, 5.41) is 3.26. The van der Waals surface area contributed by atoms with E-state index in [2.05, 4.69) is 5.32 Å². The molecule has 1 aliphatic carbocycles. The Morgan fingerprint density at radius 1 is 1.05 bits per heavy atom. The Hall–Kier alpha value is -0.750. The maximum absolute atomic E-state index is 12.6.